The van der Waals surface area contributed by atoms with E-state index in [0.717, 1.165) is 11.3 Å². The van der Waals surface area contributed by atoms with Gasteiger partial charge in [0.05, 0.1) is 13.4 Å². The predicted molar refractivity (Wildman–Crippen MR) is 95.6 cm³/mol. The smallest absolute Gasteiger partial charge is 0.221 e. The number of nitrogens with zero attached hydrogens (tertiary/aromatic N) is 1. The van der Waals surface area contributed by atoms with E-state index in [2.05, 4.69) is 5.32 Å². The van der Waals surface area contributed by atoms with E-state index >= 15 is 0 Å². The van der Waals surface area contributed by atoms with Crippen LogP contribution in [0.4, 0.5) is 0 Å². The molecule has 0 heterocycles. The minimum Gasteiger partial charge on any atom is -0.497 e. The van der Waals surface area contributed by atoms with Gasteiger partial charge in [-0.05, 0) is 30.0 Å². The van der Waals surface area contributed by atoms with Gasteiger partial charge < -0.3 is 10.1 Å². The van der Waals surface area contributed by atoms with E-state index in [-0.39, 0.29) is 18.9 Å². The van der Waals surface area contributed by atoms with Crippen LogP contribution in [0.25, 0.3) is 0 Å². The maximum atomic E-state index is 11.9. The molecular formula is C17H28N2O4S. The highest BCUT2D eigenvalue weighted by Crippen LogP contribution is 2.14. The summed E-state index contributed by atoms with van der Waals surface area (Å²) >= 11 is 0. The van der Waals surface area contributed by atoms with Crippen molar-refractivity contribution < 1.29 is 17.9 Å². The molecule has 24 heavy (non-hydrogen) atoms. The van der Waals surface area contributed by atoms with E-state index in [1.165, 1.54) is 10.6 Å². The summed E-state index contributed by atoms with van der Waals surface area (Å²) < 4.78 is 30.4. The number of hydrogen-bond donors (Lipinski definition) is 1. The van der Waals surface area contributed by atoms with Crippen LogP contribution in [0.3, 0.4) is 0 Å². The fourth-order valence-corrected chi connectivity index (χ4v) is 3.00. The van der Waals surface area contributed by atoms with Crippen molar-refractivity contribution in [1.82, 2.24) is 9.62 Å². The van der Waals surface area contributed by atoms with Gasteiger partial charge in [0, 0.05) is 26.1 Å². The van der Waals surface area contributed by atoms with Crippen LogP contribution in [0.2, 0.25) is 0 Å². The van der Waals surface area contributed by atoms with E-state index in [1.807, 2.05) is 38.1 Å². The third-order valence-corrected chi connectivity index (χ3v) is 4.85. The summed E-state index contributed by atoms with van der Waals surface area (Å²) in [7, 11) is -1.76. The first-order chi connectivity index (χ1) is 11.2. The van der Waals surface area contributed by atoms with Crippen LogP contribution in [0.5, 0.6) is 5.75 Å². The van der Waals surface area contributed by atoms with Crippen LogP contribution in [0, 0.1) is 5.92 Å². The van der Waals surface area contributed by atoms with Gasteiger partial charge in [-0.3, -0.25) is 4.79 Å². The Balaban J connectivity index is 2.58. The summed E-state index contributed by atoms with van der Waals surface area (Å²) in [6.07, 6.45) is 1.90. The summed E-state index contributed by atoms with van der Waals surface area (Å²) in [5.41, 5.74) is 0.993. The summed E-state index contributed by atoms with van der Waals surface area (Å²) in [6.45, 7) is 5.14. The van der Waals surface area contributed by atoms with E-state index < -0.39 is 10.0 Å². The van der Waals surface area contributed by atoms with Gasteiger partial charge >= 0.3 is 0 Å². The predicted octanol–water partition coefficient (Wildman–Crippen LogP) is 1.66. The number of ether oxygens (including phenoxy) is 1. The minimum atomic E-state index is -3.36. The van der Waals surface area contributed by atoms with Crippen molar-refractivity contribution >= 4 is 15.9 Å². The number of methoxy groups -OCH3 is 1. The molecular weight excluding hydrogens is 328 g/mol. The number of sulfonamides is 1. The molecule has 1 aromatic rings. The standard InChI is InChI=1S/C17H28N2O4S/c1-14(2)13-18-17(20)9-11-19(24(4,21)22)10-8-15-6-5-7-16(12-15)23-3/h5-7,12,14H,8-11,13H2,1-4H3,(H,18,20). The van der Waals surface area contributed by atoms with Crippen molar-refractivity contribution in [3.8, 4) is 5.75 Å². The van der Waals surface area contributed by atoms with Crippen molar-refractivity contribution in [3.05, 3.63) is 29.8 Å². The Bertz CT molecular complexity index is 629. The molecule has 0 atom stereocenters. The lowest BCUT2D eigenvalue weighted by molar-refractivity contribution is -0.121. The summed E-state index contributed by atoms with van der Waals surface area (Å²) in [6, 6.07) is 7.53. The molecule has 1 aromatic carbocycles. The van der Waals surface area contributed by atoms with Gasteiger partial charge in [-0.2, -0.15) is 0 Å². The first kappa shape index (κ1) is 20.4. The third kappa shape index (κ3) is 7.79. The highest BCUT2D eigenvalue weighted by Gasteiger charge is 2.17. The lowest BCUT2D eigenvalue weighted by atomic mass is 10.1. The number of hydrogen-bond acceptors (Lipinski definition) is 4. The fourth-order valence-electron chi connectivity index (χ4n) is 2.16. The quantitative estimate of drug-likeness (QED) is 0.692. The molecule has 136 valence electrons. The van der Waals surface area contributed by atoms with Crippen LogP contribution in [-0.2, 0) is 21.2 Å². The average molecular weight is 356 g/mol. The molecule has 0 saturated carbocycles. The fraction of sp³-hybridized carbons (Fsp3) is 0.588. The molecule has 0 bridgehead atoms. The van der Waals surface area contributed by atoms with Gasteiger partial charge in [0.1, 0.15) is 5.75 Å². The maximum Gasteiger partial charge on any atom is 0.221 e. The number of nitrogens with one attached hydrogen (secondary N) is 1. The molecule has 1 rings (SSSR count). The molecule has 6 nitrogen and oxygen atoms in total. The topological polar surface area (TPSA) is 75.7 Å². The van der Waals surface area contributed by atoms with Gasteiger partial charge in [-0.15, -0.1) is 0 Å². The second kappa shape index (κ2) is 9.64. The van der Waals surface area contributed by atoms with Crippen LogP contribution < -0.4 is 10.1 Å². The third-order valence-electron chi connectivity index (χ3n) is 3.55. The molecule has 0 fully saturated rings. The molecule has 7 heteroatoms. The molecule has 0 aliphatic heterocycles. The summed E-state index contributed by atoms with van der Waals surface area (Å²) in [5.74, 6) is 0.984. The Morgan fingerprint density at radius 2 is 2.00 bits per heavy atom. The highest BCUT2D eigenvalue weighted by atomic mass is 32.2. The van der Waals surface area contributed by atoms with Crippen molar-refractivity contribution in [3.63, 3.8) is 0 Å². The normalized spacial score (nSPS) is 11.8. The lowest BCUT2D eigenvalue weighted by Gasteiger charge is -2.20. The largest absolute Gasteiger partial charge is 0.497 e. The van der Waals surface area contributed by atoms with Crippen LogP contribution in [0.15, 0.2) is 24.3 Å². The highest BCUT2D eigenvalue weighted by molar-refractivity contribution is 7.88. The molecule has 0 aliphatic carbocycles. The summed E-state index contributed by atoms with van der Waals surface area (Å²) in [4.78, 5) is 11.8. The molecule has 0 aromatic heterocycles. The maximum absolute atomic E-state index is 11.9. The zero-order valence-electron chi connectivity index (χ0n) is 14.9. The second-order valence-corrected chi connectivity index (χ2v) is 8.19. The van der Waals surface area contributed by atoms with Crippen LogP contribution >= 0.6 is 0 Å². The Kier molecular flexibility index (Phi) is 8.21. The second-order valence-electron chi connectivity index (χ2n) is 6.21. The Morgan fingerprint density at radius 3 is 2.58 bits per heavy atom. The van der Waals surface area contributed by atoms with Crippen LogP contribution in [-0.4, -0.2) is 51.6 Å². The Morgan fingerprint density at radius 1 is 1.29 bits per heavy atom. The monoisotopic (exact) mass is 356 g/mol. The molecule has 1 amide bonds. The first-order valence-electron chi connectivity index (χ1n) is 8.07. The first-order valence-corrected chi connectivity index (χ1v) is 9.92. The number of rotatable bonds is 10. The molecule has 0 radical (unpaired) electrons. The van der Waals surface area contributed by atoms with Gasteiger partial charge in [-0.1, -0.05) is 26.0 Å². The minimum absolute atomic E-state index is 0.126. The van der Waals surface area contributed by atoms with Gasteiger partial charge in [-0.25, -0.2) is 12.7 Å². The van der Waals surface area contributed by atoms with Gasteiger partial charge in [0.15, 0.2) is 0 Å². The Labute approximate surface area is 145 Å². The zero-order valence-corrected chi connectivity index (χ0v) is 15.7. The van der Waals surface area contributed by atoms with Gasteiger partial charge in [0.25, 0.3) is 0 Å². The molecule has 1 N–H and O–H groups in total. The van der Waals surface area contributed by atoms with Crippen molar-refractivity contribution in [1.29, 1.82) is 0 Å². The summed E-state index contributed by atoms with van der Waals surface area (Å²) in [5, 5.41) is 2.80. The number of carbonyl (C=O) groups excluding carboxylic acids is 1. The Hall–Kier alpha value is -1.60. The van der Waals surface area contributed by atoms with Gasteiger partial charge in [0.2, 0.25) is 15.9 Å². The van der Waals surface area contributed by atoms with E-state index in [1.54, 1.807) is 7.11 Å². The number of amides is 1. The molecule has 0 aliphatic rings. The van der Waals surface area contributed by atoms with Crippen molar-refractivity contribution in [2.75, 3.05) is 33.0 Å². The number of benzene rings is 1. The van der Waals surface area contributed by atoms with E-state index in [4.69, 9.17) is 4.74 Å². The van der Waals surface area contributed by atoms with Crippen LogP contribution in [0.1, 0.15) is 25.8 Å². The molecule has 0 unspecified atom stereocenters. The van der Waals surface area contributed by atoms with E-state index in [9.17, 15) is 13.2 Å². The van der Waals surface area contributed by atoms with Crippen molar-refractivity contribution in [2.45, 2.75) is 26.7 Å². The number of carbonyl (C=O) groups is 1. The SMILES string of the molecule is COc1cccc(CCN(CCC(=O)NCC(C)C)S(C)(=O)=O)c1. The average Bonchev–Trinajstić information content (AvgIpc) is 2.51. The lowest BCUT2D eigenvalue weighted by Crippen LogP contribution is -2.36. The zero-order chi connectivity index (χ0) is 18.2. The molecule has 0 saturated heterocycles. The van der Waals surface area contributed by atoms with E-state index in [0.29, 0.717) is 25.4 Å². The van der Waals surface area contributed by atoms with Crippen molar-refractivity contribution in [2.24, 2.45) is 5.92 Å². The molecule has 0 spiro atoms.